The highest BCUT2D eigenvalue weighted by atomic mass is 16.6. The first-order chi connectivity index (χ1) is 11.6. The smallest absolute Gasteiger partial charge is 0.345 e. The third kappa shape index (κ3) is 5.32. The highest BCUT2D eigenvalue weighted by molar-refractivity contribution is 5.93. The minimum absolute atomic E-state index is 0.0385. The highest BCUT2D eigenvalue weighted by Gasteiger charge is 2.27. The van der Waals surface area contributed by atoms with E-state index in [0.29, 0.717) is 12.5 Å². The van der Waals surface area contributed by atoms with Gasteiger partial charge >= 0.3 is 5.97 Å². The van der Waals surface area contributed by atoms with Crippen LogP contribution in [0.15, 0.2) is 24.3 Å². The molecule has 0 aromatic heterocycles. The Hall–Kier alpha value is -1.91. The van der Waals surface area contributed by atoms with E-state index in [-0.39, 0.29) is 11.3 Å². The number of rotatable bonds is 9. The summed E-state index contributed by atoms with van der Waals surface area (Å²) in [5.41, 5.74) is -0.153. The van der Waals surface area contributed by atoms with Crippen molar-refractivity contribution < 1.29 is 14.5 Å². The van der Waals surface area contributed by atoms with Gasteiger partial charge in [0.25, 0.3) is 5.69 Å². The zero-order valence-electron chi connectivity index (χ0n) is 14.4. The van der Waals surface area contributed by atoms with Crippen LogP contribution in [0.1, 0.15) is 68.6 Å². The number of para-hydroxylation sites is 1. The molecule has 1 aliphatic carbocycles. The Morgan fingerprint density at radius 3 is 2.71 bits per heavy atom. The van der Waals surface area contributed by atoms with Gasteiger partial charge in [-0.05, 0) is 30.7 Å². The molecule has 0 N–H and O–H groups in total. The van der Waals surface area contributed by atoms with Gasteiger partial charge in [-0.15, -0.1) is 0 Å². The second kappa shape index (κ2) is 9.40. The Bertz CT molecular complexity index is 558. The number of nitro benzene ring substituents is 1. The SMILES string of the molecule is CCCCCC[C@@H]1CCC(COC(=O)c2ccccc2[N+](=O)[O-])C1. The maximum Gasteiger partial charge on any atom is 0.345 e. The van der Waals surface area contributed by atoms with Gasteiger partial charge in [-0.3, -0.25) is 10.1 Å². The predicted molar refractivity (Wildman–Crippen MR) is 93.0 cm³/mol. The van der Waals surface area contributed by atoms with Gasteiger partial charge in [-0.25, -0.2) is 4.79 Å². The van der Waals surface area contributed by atoms with Crippen molar-refractivity contribution in [1.29, 1.82) is 0 Å². The Kier molecular flexibility index (Phi) is 7.22. The molecular weight excluding hydrogens is 306 g/mol. The van der Waals surface area contributed by atoms with Crippen molar-refractivity contribution >= 4 is 11.7 Å². The van der Waals surface area contributed by atoms with Gasteiger partial charge in [0.05, 0.1) is 11.5 Å². The number of carbonyl (C=O) groups excluding carboxylic acids is 1. The van der Waals surface area contributed by atoms with Crippen molar-refractivity contribution in [2.45, 2.75) is 58.3 Å². The Morgan fingerprint density at radius 1 is 1.21 bits per heavy atom. The fourth-order valence-electron chi connectivity index (χ4n) is 3.53. The lowest BCUT2D eigenvalue weighted by Crippen LogP contribution is -2.14. The number of nitro groups is 1. The fraction of sp³-hybridized carbons (Fsp3) is 0.632. The molecule has 5 nitrogen and oxygen atoms in total. The normalized spacial score (nSPS) is 20.0. The van der Waals surface area contributed by atoms with Crippen molar-refractivity contribution in [3.8, 4) is 0 Å². The molecule has 1 fully saturated rings. The number of unbranched alkanes of at least 4 members (excludes halogenated alkanes) is 3. The molecule has 24 heavy (non-hydrogen) atoms. The number of ether oxygens (including phenoxy) is 1. The van der Waals surface area contributed by atoms with Gasteiger partial charge in [-0.1, -0.05) is 57.6 Å². The van der Waals surface area contributed by atoms with Crippen LogP contribution in [0.25, 0.3) is 0 Å². The van der Waals surface area contributed by atoms with Crippen molar-refractivity contribution in [1.82, 2.24) is 0 Å². The van der Waals surface area contributed by atoms with Gasteiger partial charge in [0.2, 0.25) is 0 Å². The Balaban J connectivity index is 1.76. The van der Waals surface area contributed by atoms with Crippen LogP contribution in [0.5, 0.6) is 0 Å². The van der Waals surface area contributed by atoms with Crippen LogP contribution in [0.4, 0.5) is 5.69 Å². The highest BCUT2D eigenvalue weighted by Crippen LogP contribution is 2.34. The molecule has 0 aliphatic heterocycles. The molecule has 0 amide bonds. The van der Waals surface area contributed by atoms with E-state index in [1.165, 1.54) is 50.7 Å². The number of hydrogen-bond donors (Lipinski definition) is 0. The molecule has 132 valence electrons. The molecule has 1 saturated carbocycles. The molecule has 0 radical (unpaired) electrons. The van der Waals surface area contributed by atoms with Gasteiger partial charge < -0.3 is 4.74 Å². The minimum atomic E-state index is -0.589. The molecule has 1 aromatic carbocycles. The Labute approximate surface area is 143 Å². The quantitative estimate of drug-likeness (QED) is 0.271. The molecule has 2 rings (SSSR count). The molecule has 0 saturated heterocycles. The lowest BCUT2D eigenvalue weighted by atomic mass is 9.98. The number of carbonyl (C=O) groups is 1. The summed E-state index contributed by atoms with van der Waals surface area (Å²) < 4.78 is 5.35. The number of hydrogen-bond acceptors (Lipinski definition) is 4. The summed E-state index contributed by atoms with van der Waals surface area (Å²) >= 11 is 0. The van der Waals surface area contributed by atoms with Crippen molar-refractivity contribution in [3.05, 3.63) is 39.9 Å². The molecule has 1 aromatic rings. The van der Waals surface area contributed by atoms with Crippen LogP contribution in [-0.4, -0.2) is 17.5 Å². The summed E-state index contributed by atoms with van der Waals surface area (Å²) in [6.45, 7) is 2.59. The van der Waals surface area contributed by atoms with Gasteiger partial charge in [0.15, 0.2) is 0 Å². The number of esters is 1. The summed E-state index contributed by atoms with van der Waals surface area (Å²) in [7, 11) is 0. The average molecular weight is 333 g/mol. The van der Waals surface area contributed by atoms with Gasteiger partial charge in [0, 0.05) is 6.07 Å². The average Bonchev–Trinajstić information content (AvgIpc) is 3.04. The summed E-state index contributed by atoms with van der Waals surface area (Å²) in [4.78, 5) is 22.6. The van der Waals surface area contributed by atoms with Crippen molar-refractivity contribution in [3.63, 3.8) is 0 Å². The number of benzene rings is 1. The number of nitrogens with zero attached hydrogens (tertiary/aromatic N) is 1. The Morgan fingerprint density at radius 2 is 1.96 bits per heavy atom. The van der Waals surface area contributed by atoms with E-state index in [1.54, 1.807) is 12.1 Å². The first-order valence-electron chi connectivity index (χ1n) is 9.02. The second-order valence-corrected chi connectivity index (χ2v) is 6.77. The van der Waals surface area contributed by atoms with Crippen LogP contribution < -0.4 is 0 Å². The summed E-state index contributed by atoms with van der Waals surface area (Å²) in [5.74, 6) is 0.554. The molecule has 1 unspecified atom stereocenters. The van der Waals surface area contributed by atoms with E-state index in [0.717, 1.165) is 18.8 Å². The van der Waals surface area contributed by atoms with Crippen LogP contribution in [0.3, 0.4) is 0 Å². The van der Waals surface area contributed by atoms with Gasteiger partial charge in [0.1, 0.15) is 5.56 Å². The van der Waals surface area contributed by atoms with Crippen molar-refractivity contribution in [2.75, 3.05) is 6.61 Å². The summed E-state index contributed by atoms with van der Waals surface area (Å²) in [6.07, 6.45) is 9.84. The van der Waals surface area contributed by atoms with E-state index in [4.69, 9.17) is 4.74 Å². The summed E-state index contributed by atoms with van der Waals surface area (Å²) in [6, 6.07) is 5.95. The molecule has 1 aliphatic rings. The van der Waals surface area contributed by atoms with Gasteiger partial charge in [-0.2, -0.15) is 0 Å². The monoisotopic (exact) mass is 333 g/mol. The lowest BCUT2D eigenvalue weighted by molar-refractivity contribution is -0.385. The predicted octanol–water partition coefficient (Wildman–Crippen LogP) is 5.14. The second-order valence-electron chi connectivity index (χ2n) is 6.77. The standard InChI is InChI=1S/C19H27NO4/c1-2-3-4-5-8-15-11-12-16(13-15)14-24-19(21)17-9-6-7-10-18(17)20(22)23/h6-7,9-10,15-16H,2-5,8,11-14H2,1H3/t15-,16?/m1/s1. The third-order valence-electron chi connectivity index (χ3n) is 4.89. The molecule has 0 spiro atoms. The molecule has 0 heterocycles. The summed E-state index contributed by atoms with van der Waals surface area (Å²) in [5, 5.41) is 11.0. The maximum atomic E-state index is 12.1. The van der Waals surface area contributed by atoms with Crippen LogP contribution in [0.2, 0.25) is 0 Å². The molecule has 2 atom stereocenters. The van der Waals surface area contributed by atoms with Crippen LogP contribution >= 0.6 is 0 Å². The zero-order chi connectivity index (χ0) is 17.4. The molecular formula is C19H27NO4. The third-order valence-corrected chi connectivity index (χ3v) is 4.89. The van der Waals surface area contributed by atoms with E-state index in [2.05, 4.69) is 6.92 Å². The minimum Gasteiger partial charge on any atom is -0.462 e. The lowest BCUT2D eigenvalue weighted by Gasteiger charge is -2.12. The van der Waals surface area contributed by atoms with Crippen LogP contribution in [-0.2, 0) is 4.74 Å². The first-order valence-corrected chi connectivity index (χ1v) is 9.02. The maximum absolute atomic E-state index is 12.1. The van der Waals surface area contributed by atoms with E-state index in [1.807, 2.05) is 0 Å². The first kappa shape index (κ1) is 18.4. The molecule has 0 bridgehead atoms. The zero-order valence-corrected chi connectivity index (χ0v) is 14.4. The largest absolute Gasteiger partial charge is 0.462 e. The topological polar surface area (TPSA) is 69.4 Å². The van der Waals surface area contributed by atoms with E-state index in [9.17, 15) is 14.9 Å². The fourth-order valence-corrected chi connectivity index (χ4v) is 3.53. The van der Waals surface area contributed by atoms with E-state index < -0.39 is 10.9 Å². The molecule has 5 heteroatoms. The van der Waals surface area contributed by atoms with Crippen LogP contribution in [0, 0.1) is 22.0 Å². The van der Waals surface area contributed by atoms with Crippen molar-refractivity contribution in [2.24, 2.45) is 11.8 Å². The van der Waals surface area contributed by atoms with E-state index >= 15 is 0 Å².